The molecule has 0 atom stereocenters. The van der Waals surface area contributed by atoms with Crippen LogP contribution >= 0.6 is 11.3 Å². The van der Waals surface area contributed by atoms with Crippen LogP contribution in [-0.2, 0) is 0 Å². The summed E-state index contributed by atoms with van der Waals surface area (Å²) in [5.41, 5.74) is 2.43. The zero-order valence-corrected chi connectivity index (χ0v) is 12.3. The first-order chi connectivity index (χ1) is 9.17. The van der Waals surface area contributed by atoms with Crippen LogP contribution in [0, 0.1) is 6.92 Å². The maximum absolute atomic E-state index is 12.3. The zero-order chi connectivity index (χ0) is 13.8. The van der Waals surface area contributed by atoms with Crippen molar-refractivity contribution in [3.8, 4) is 10.6 Å². The second-order valence-electron chi connectivity index (χ2n) is 4.28. The van der Waals surface area contributed by atoms with E-state index in [1.54, 1.807) is 11.3 Å². The van der Waals surface area contributed by atoms with E-state index >= 15 is 0 Å². The number of aromatic nitrogens is 1. The summed E-state index contributed by atoms with van der Waals surface area (Å²) < 4.78 is 0. The number of amides is 1. The van der Waals surface area contributed by atoms with Gasteiger partial charge in [-0.2, -0.15) is 0 Å². The Kier molecular flexibility index (Phi) is 4.32. The second kappa shape index (κ2) is 5.97. The van der Waals surface area contributed by atoms with E-state index in [4.69, 9.17) is 0 Å². The fraction of sp³-hybridized carbons (Fsp3) is 0.333. The van der Waals surface area contributed by atoms with Crippen LogP contribution in [0.3, 0.4) is 0 Å². The molecule has 0 aliphatic heterocycles. The fourth-order valence-electron chi connectivity index (χ4n) is 2.03. The minimum absolute atomic E-state index is 0.0627. The van der Waals surface area contributed by atoms with Gasteiger partial charge in [0.15, 0.2) is 0 Å². The van der Waals surface area contributed by atoms with Gasteiger partial charge in [-0.05, 0) is 44.4 Å². The number of carbonyl (C=O) groups is 1. The minimum atomic E-state index is 0.0627. The van der Waals surface area contributed by atoms with Crippen molar-refractivity contribution in [3.05, 3.63) is 40.9 Å². The van der Waals surface area contributed by atoms with Crippen LogP contribution in [0.15, 0.2) is 29.6 Å². The molecule has 0 aliphatic rings. The van der Waals surface area contributed by atoms with Gasteiger partial charge in [0.2, 0.25) is 0 Å². The van der Waals surface area contributed by atoms with E-state index in [0.29, 0.717) is 5.56 Å². The van der Waals surface area contributed by atoms with E-state index in [-0.39, 0.29) is 5.91 Å². The van der Waals surface area contributed by atoms with Gasteiger partial charge in [0.05, 0.1) is 21.8 Å². The van der Waals surface area contributed by atoms with Crippen molar-refractivity contribution in [1.82, 2.24) is 9.88 Å². The summed E-state index contributed by atoms with van der Waals surface area (Å²) in [6, 6.07) is 7.86. The third-order valence-corrected chi connectivity index (χ3v) is 4.03. The number of pyridine rings is 1. The van der Waals surface area contributed by atoms with Crippen molar-refractivity contribution in [1.29, 1.82) is 0 Å². The summed E-state index contributed by atoms with van der Waals surface area (Å²) in [4.78, 5) is 19.8. The second-order valence-corrected chi connectivity index (χ2v) is 5.23. The lowest BCUT2D eigenvalue weighted by Gasteiger charge is -2.19. The molecule has 0 aliphatic carbocycles. The number of aryl methyl sites for hydroxylation is 1. The molecule has 2 rings (SSSR count). The van der Waals surface area contributed by atoms with Crippen LogP contribution < -0.4 is 0 Å². The van der Waals surface area contributed by atoms with Gasteiger partial charge in [-0.1, -0.05) is 6.07 Å². The van der Waals surface area contributed by atoms with Crippen molar-refractivity contribution >= 4 is 17.2 Å². The average molecular weight is 274 g/mol. The largest absolute Gasteiger partial charge is 0.339 e. The number of hydrogen-bond donors (Lipinski definition) is 0. The van der Waals surface area contributed by atoms with Gasteiger partial charge >= 0.3 is 0 Å². The van der Waals surface area contributed by atoms with Crippen molar-refractivity contribution in [2.24, 2.45) is 0 Å². The highest BCUT2D eigenvalue weighted by Crippen LogP contribution is 2.24. The molecule has 2 aromatic rings. The van der Waals surface area contributed by atoms with Crippen LogP contribution in [0.25, 0.3) is 10.6 Å². The first-order valence-corrected chi connectivity index (χ1v) is 7.36. The first kappa shape index (κ1) is 13.7. The molecule has 4 heteroatoms. The SMILES string of the molecule is CCN(CC)C(=O)c1ccc(-c2cccs2)nc1C. The molecule has 2 heterocycles. The molecule has 2 aromatic heterocycles. The molecule has 0 radical (unpaired) electrons. The van der Waals surface area contributed by atoms with Gasteiger partial charge in [-0.3, -0.25) is 9.78 Å². The fourth-order valence-corrected chi connectivity index (χ4v) is 2.73. The smallest absolute Gasteiger partial charge is 0.255 e. The third-order valence-electron chi connectivity index (χ3n) is 3.14. The molecule has 0 aromatic carbocycles. The maximum atomic E-state index is 12.3. The minimum Gasteiger partial charge on any atom is -0.339 e. The third kappa shape index (κ3) is 2.84. The Labute approximate surface area is 117 Å². The molecule has 0 spiro atoms. The normalized spacial score (nSPS) is 10.5. The van der Waals surface area contributed by atoms with Gasteiger partial charge in [0.25, 0.3) is 5.91 Å². The molecule has 1 amide bonds. The van der Waals surface area contributed by atoms with E-state index in [0.717, 1.165) is 29.4 Å². The molecule has 0 N–H and O–H groups in total. The number of rotatable bonds is 4. The topological polar surface area (TPSA) is 33.2 Å². The average Bonchev–Trinajstić information content (AvgIpc) is 2.93. The van der Waals surface area contributed by atoms with Gasteiger partial charge in [-0.25, -0.2) is 0 Å². The monoisotopic (exact) mass is 274 g/mol. The van der Waals surface area contributed by atoms with E-state index in [9.17, 15) is 4.79 Å². The summed E-state index contributed by atoms with van der Waals surface area (Å²) >= 11 is 1.66. The Morgan fingerprint density at radius 3 is 2.53 bits per heavy atom. The van der Waals surface area contributed by atoms with E-state index < -0.39 is 0 Å². The van der Waals surface area contributed by atoms with E-state index in [1.165, 1.54) is 0 Å². The molecule has 0 unspecified atom stereocenters. The number of hydrogen-bond acceptors (Lipinski definition) is 3. The zero-order valence-electron chi connectivity index (χ0n) is 11.5. The molecule has 19 heavy (non-hydrogen) atoms. The quantitative estimate of drug-likeness (QED) is 0.853. The summed E-state index contributed by atoms with van der Waals surface area (Å²) in [5, 5.41) is 2.03. The molecular formula is C15H18N2OS. The van der Waals surface area contributed by atoms with Crippen LogP contribution in [0.5, 0.6) is 0 Å². The summed E-state index contributed by atoms with van der Waals surface area (Å²) in [7, 11) is 0. The maximum Gasteiger partial charge on any atom is 0.255 e. The Morgan fingerprint density at radius 2 is 2.00 bits per heavy atom. The van der Waals surface area contributed by atoms with Crippen molar-refractivity contribution < 1.29 is 4.79 Å². The highest BCUT2D eigenvalue weighted by Gasteiger charge is 2.16. The molecule has 0 saturated carbocycles. The van der Waals surface area contributed by atoms with Crippen LogP contribution in [-0.4, -0.2) is 28.9 Å². The molecule has 0 fully saturated rings. The first-order valence-electron chi connectivity index (χ1n) is 6.48. The lowest BCUT2D eigenvalue weighted by molar-refractivity contribution is 0.0772. The lowest BCUT2D eigenvalue weighted by atomic mass is 10.1. The van der Waals surface area contributed by atoms with Crippen molar-refractivity contribution in [2.45, 2.75) is 20.8 Å². The predicted molar refractivity (Wildman–Crippen MR) is 79.5 cm³/mol. The standard InChI is InChI=1S/C15H18N2OS/c1-4-17(5-2)15(18)12-8-9-13(16-11(12)3)14-7-6-10-19-14/h6-10H,4-5H2,1-3H3. The van der Waals surface area contributed by atoms with Gasteiger partial charge in [-0.15, -0.1) is 11.3 Å². The van der Waals surface area contributed by atoms with E-state index in [1.807, 2.05) is 55.3 Å². The van der Waals surface area contributed by atoms with Gasteiger partial charge in [0.1, 0.15) is 0 Å². The Balaban J connectivity index is 2.32. The molecular weight excluding hydrogens is 256 g/mol. The van der Waals surface area contributed by atoms with Crippen LogP contribution in [0.4, 0.5) is 0 Å². The lowest BCUT2D eigenvalue weighted by Crippen LogP contribution is -2.31. The molecule has 0 bridgehead atoms. The van der Waals surface area contributed by atoms with Gasteiger partial charge < -0.3 is 4.90 Å². The Hall–Kier alpha value is -1.68. The molecule has 100 valence electrons. The van der Waals surface area contributed by atoms with E-state index in [2.05, 4.69) is 4.98 Å². The summed E-state index contributed by atoms with van der Waals surface area (Å²) in [6.45, 7) is 7.32. The highest BCUT2D eigenvalue weighted by atomic mass is 32.1. The molecule has 0 saturated heterocycles. The molecule has 3 nitrogen and oxygen atoms in total. The summed E-state index contributed by atoms with van der Waals surface area (Å²) in [6.07, 6.45) is 0. The highest BCUT2D eigenvalue weighted by molar-refractivity contribution is 7.13. The van der Waals surface area contributed by atoms with Crippen molar-refractivity contribution in [3.63, 3.8) is 0 Å². The predicted octanol–water partition coefficient (Wildman–Crippen LogP) is 3.60. The number of nitrogens with zero attached hydrogens (tertiary/aromatic N) is 2. The van der Waals surface area contributed by atoms with Gasteiger partial charge in [0, 0.05) is 13.1 Å². The van der Waals surface area contributed by atoms with Crippen molar-refractivity contribution in [2.75, 3.05) is 13.1 Å². The van der Waals surface area contributed by atoms with Crippen LogP contribution in [0.2, 0.25) is 0 Å². The Morgan fingerprint density at radius 1 is 1.26 bits per heavy atom. The summed E-state index contributed by atoms with van der Waals surface area (Å²) in [5.74, 6) is 0.0627. The van der Waals surface area contributed by atoms with Crippen LogP contribution in [0.1, 0.15) is 29.9 Å². The Bertz CT molecular complexity index is 560. The number of thiophene rings is 1. The number of carbonyl (C=O) groups excluding carboxylic acids is 1.